The molecule has 3 heterocycles. The van der Waals surface area contributed by atoms with E-state index >= 15 is 0 Å². The van der Waals surface area contributed by atoms with Crippen molar-refractivity contribution in [3.63, 3.8) is 0 Å². The molecule has 0 bridgehead atoms. The highest BCUT2D eigenvalue weighted by Crippen LogP contribution is 2.12. The van der Waals surface area contributed by atoms with Crippen LogP contribution in [0.2, 0.25) is 0 Å². The highest BCUT2D eigenvalue weighted by molar-refractivity contribution is 5.96. The lowest BCUT2D eigenvalue weighted by Gasteiger charge is -2.34. The number of pyridine rings is 1. The van der Waals surface area contributed by atoms with E-state index < -0.39 is 0 Å². The minimum absolute atomic E-state index is 0.180. The lowest BCUT2D eigenvalue weighted by Crippen LogP contribution is -2.50. The number of aromatic nitrogens is 1. The number of hydrogen-bond acceptors (Lipinski definition) is 5. The van der Waals surface area contributed by atoms with E-state index in [2.05, 4.69) is 10.3 Å². The fourth-order valence-corrected chi connectivity index (χ4v) is 2.98. The number of piperazine rings is 1. The van der Waals surface area contributed by atoms with Crippen molar-refractivity contribution in [3.8, 4) is 0 Å². The molecule has 1 fully saturated rings. The van der Waals surface area contributed by atoms with Crippen LogP contribution in [-0.2, 0) is 0 Å². The fraction of sp³-hybridized carbons (Fsp3) is 0.400. The Labute approximate surface area is 163 Å². The molecule has 1 aliphatic heterocycles. The molecule has 8 heteroatoms. The summed E-state index contributed by atoms with van der Waals surface area (Å²) < 4.78 is 5.14. The topological polar surface area (TPSA) is 95.8 Å². The largest absolute Gasteiger partial charge is 0.459 e. The zero-order chi connectivity index (χ0) is 19.9. The predicted molar refractivity (Wildman–Crippen MR) is 102 cm³/mol. The highest BCUT2D eigenvalue weighted by Gasteiger charge is 2.27. The van der Waals surface area contributed by atoms with Crippen molar-refractivity contribution >= 4 is 17.7 Å². The van der Waals surface area contributed by atoms with Crippen molar-refractivity contribution in [3.05, 3.63) is 53.7 Å². The molecule has 0 aliphatic carbocycles. The standard InChI is InChI=1S/C20H24N4O4/c1-2-3-9-21-18(25)15-6-4-7-16(22-15)19(26)23-10-12-24(13-11-23)20(27)17-8-5-14-28-17/h4-8,14H,2-3,9-13H2,1H3,(H,21,25). The van der Waals surface area contributed by atoms with E-state index in [0.29, 0.717) is 38.5 Å². The maximum Gasteiger partial charge on any atom is 0.289 e. The summed E-state index contributed by atoms with van der Waals surface area (Å²) in [5.74, 6) is -0.408. The molecule has 0 atom stereocenters. The maximum absolute atomic E-state index is 12.7. The first kappa shape index (κ1) is 19.6. The summed E-state index contributed by atoms with van der Waals surface area (Å²) in [6, 6.07) is 8.15. The Morgan fingerprint density at radius 2 is 1.68 bits per heavy atom. The molecule has 1 saturated heterocycles. The van der Waals surface area contributed by atoms with Gasteiger partial charge in [-0.15, -0.1) is 0 Å². The van der Waals surface area contributed by atoms with Crippen molar-refractivity contribution in [2.45, 2.75) is 19.8 Å². The van der Waals surface area contributed by atoms with Gasteiger partial charge in [0.05, 0.1) is 6.26 Å². The van der Waals surface area contributed by atoms with Crippen LogP contribution in [0.5, 0.6) is 0 Å². The van der Waals surface area contributed by atoms with Crippen LogP contribution in [0.15, 0.2) is 41.0 Å². The molecule has 148 valence electrons. The number of unbranched alkanes of at least 4 members (excludes halogenated alkanes) is 1. The van der Waals surface area contributed by atoms with E-state index in [1.165, 1.54) is 6.26 Å². The van der Waals surface area contributed by atoms with Crippen LogP contribution >= 0.6 is 0 Å². The molecular formula is C20H24N4O4. The quantitative estimate of drug-likeness (QED) is 0.766. The third kappa shape index (κ3) is 4.57. The summed E-state index contributed by atoms with van der Waals surface area (Å²) in [7, 11) is 0. The normalized spacial score (nSPS) is 14.0. The number of furan rings is 1. The van der Waals surface area contributed by atoms with Crippen LogP contribution in [0.3, 0.4) is 0 Å². The van der Waals surface area contributed by atoms with E-state index in [9.17, 15) is 14.4 Å². The van der Waals surface area contributed by atoms with E-state index in [1.54, 1.807) is 40.1 Å². The Kier molecular flexibility index (Phi) is 6.41. The third-order valence-electron chi connectivity index (χ3n) is 4.60. The summed E-state index contributed by atoms with van der Waals surface area (Å²) in [5, 5.41) is 2.80. The lowest BCUT2D eigenvalue weighted by atomic mass is 10.2. The van der Waals surface area contributed by atoms with E-state index in [4.69, 9.17) is 4.42 Å². The molecule has 2 aromatic rings. The SMILES string of the molecule is CCCCNC(=O)c1cccc(C(=O)N2CCN(C(=O)c3ccco3)CC2)n1. The van der Waals surface area contributed by atoms with Gasteiger partial charge in [-0.1, -0.05) is 19.4 Å². The third-order valence-corrected chi connectivity index (χ3v) is 4.60. The second-order valence-electron chi connectivity index (χ2n) is 6.58. The number of nitrogens with zero attached hydrogens (tertiary/aromatic N) is 3. The highest BCUT2D eigenvalue weighted by atomic mass is 16.3. The molecule has 0 saturated carbocycles. The van der Waals surface area contributed by atoms with Crippen LogP contribution in [-0.4, -0.2) is 65.2 Å². The maximum atomic E-state index is 12.7. The summed E-state index contributed by atoms with van der Waals surface area (Å²) in [6.07, 6.45) is 3.34. The Morgan fingerprint density at radius 1 is 1.00 bits per heavy atom. The average molecular weight is 384 g/mol. The smallest absolute Gasteiger partial charge is 0.289 e. The monoisotopic (exact) mass is 384 g/mol. The van der Waals surface area contributed by atoms with Gasteiger partial charge in [0.15, 0.2) is 5.76 Å². The Morgan fingerprint density at radius 3 is 2.32 bits per heavy atom. The number of carbonyl (C=O) groups excluding carboxylic acids is 3. The first-order chi connectivity index (χ1) is 13.6. The number of amides is 3. The summed E-state index contributed by atoms with van der Waals surface area (Å²) in [6.45, 7) is 4.27. The molecule has 3 rings (SSSR count). The number of rotatable bonds is 6. The van der Waals surface area contributed by atoms with Gasteiger partial charge in [0.1, 0.15) is 11.4 Å². The van der Waals surface area contributed by atoms with Crippen LogP contribution in [0.1, 0.15) is 51.3 Å². The zero-order valence-electron chi connectivity index (χ0n) is 15.9. The van der Waals surface area contributed by atoms with Crippen LogP contribution in [0, 0.1) is 0 Å². The second-order valence-corrected chi connectivity index (χ2v) is 6.58. The summed E-state index contributed by atoms with van der Waals surface area (Å²) >= 11 is 0. The molecular weight excluding hydrogens is 360 g/mol. The van der Waals surface area contributed by atoms with Crippen molar-refractivity contribution in [1.82, 2.24) is 20.1 Å². The molecule has 0 aromatic carbocycles. The number of hydrogen-bond donors (Lipinski definition) is 1. The molecule has 1 aliphatic rings. The number of nitrogens with one attached hydrogen (secondary N) is 1. The lowest BCUT2D eigenvalue weighted by molar-refractivity contribution is 0.0515. The predicted octanol–water partition coefficient (Wildman–Crippen LogP) is 1.80. The van der Waals surface area contributed by atoms with Crippen molar-refractivity contribution in [1.29, 1.82) is 0 Å². The molecule has 3 amide bonds. The van der Waals surface area contributed by atoms with Crippen LogP contribution in [0.4, 0.5) is 0 Å². The second kappa shape index (κ2) is 9.16. The Balaban J connectivity index is 1.58. The first-order valence-corrected chi connectivity index (χ1v) is 9.47. The minimum Gasteiger partial charge on any atom is -0.459 e. The van der Waals surface area contributed by atoms with Gasteiger partial charge in [0.25, 0.3) is 17.7 Å². The molecule has 2 aromatic heterocycles. The zero-order valence-corrected chi connectivity index (χ0v) is 15.9. The van der Waals surface area contributed by atoms with Gasteiger partial charge in [-0.2, -0.15) is 0 Å². The summed E-state index contributed by atoms with van der Waals surface area (Å²) in [4.78, 5) is 44.7. The van der Waals surface area contributed by atoms with Gasteiger partial charge in [-0.3, -0.25) is 14.4 Å². The fourth-order valence-electron chi connectivity index (χ4n) is 2.98. The molecule has 1 N–H and O–H groups in total. The van der Waals surface area contributed by atoms with Gasteiger partial charge in [0.2, 0.25) is 0 Å². The van der Waals surface area contributed by atoms with Crippen LogP contribution in [0.25, 0.3) is 0 Å². The molecule has 0 spiro atoms. The molecule has 0 radical (unpaired) electrons. The molecule has 8 nitrogen and oxygen atoms in total. The molecule has 0 unspecified atom stereocenters. The van der Waals surface area contributed by atoms with E-state index in [1.807, 2.05) is 6.92 Å². The van der Waals surface area contributed by atoms with Crippen molar-refractivity contribution < 1.29 is 18.8 Å². The Hall–Kier alpha value is -3.16. The van der Waals surface area contributed by atoms with Gasteiger partial charge < -0.3 is 19.5 Å². The van der Waals surface area contributed by atoms with Crippen molar-refractivity contribution in [2.75, 3.05) is 32.7 Å². The van der Waals surface area contributed by atoms with E-state index in [-0.39, 0.29) is 29.1 Å². The van der Waals surface area contributed by atoms with Gasteiger partial charge in [-0.25, -0.2) is 4.98 Å². The Bertz CT molecular complexity index is 826. The van der Waals surface area contributed by atoms with Gasteiger partial charge >= 0.3 is 0 Å². The minimum atomic E-state index is -0.281. The van der Waals surface area contributed by atoms with Crippen molar-refractivity contribution in [2.24, 2.45) is 0 Å². The van der Waals surface area contributed by atoms with E-state index in [0.717, 1.165) is 12.8 Å². The van der Waals surface area contributed by atoms with Gasteiger partial charge in [-0.05, 0) is 30.7 Å². The van der Waals surface area contributed by atoms with Gasteiger partial charge in [0, 0.05) is 32.7 Å². The van der Waals surface area contributed by atoms with Crippen LogP contribution < -0.4 is 5.32 Å². The molecule has 28 heavy (non-hydrogen) atoms. The summed E-state index contributed by atoms with van der Waals surface area (Å²) in [5.41, 5.74) is 0.461. The number of carbonyl (C=O) groups is 3. The average Bonchev–Trinajstić information content (AvgIpc) is 3.28. The first-order valence-electron chi connectivity index (χ1n) is 9.47.